The molecule has 0 bridgehead atoms. The molecule has 0 aliphatic rings. The minimum Gasteiger partial charge on any atom is -0.389 e. The summed E-state index contributed by atoms with van der Waals surface area (Å²) in [5, 5.41) is 8.24. The fraction of sp³-hybridized carbons (Fsp3) is 0.500. The minimum atomic E-state index is -4.64. The normalized spacial score (nSPS) is 12.9. The molecule has 1 atom stereocenters. The molecule has 0 aliphatic carbocycles. The highest BCUT2D eigenvalue weighted by Crippen LogP contribution is 2.25. The monoisotopic (exact) mass is 170 g/mol. The van der Waals surface area contributed by atoms with Crippen LogP contribution in [0.5, 0.6) is 0 Å². The Morgan fingerprint density at radius 1 is 1.50 bits per heavy atom. The van der Waals surface area contributed by atoms with Crippen molar-refractivity contribution in [2.75, 3.05) is 0 Å². The first-order valence-corrected chi connectivity index (χ1v) is 3.92. The number of hydrogen-bond acceptors (Lipinski definition) is 2. The molecule has 0 aromatic heterocycles. The van der Waals surface area contributed by atoms with Gasteiger partial charge in [-0.1, -0.05) is 6.08 Å². The lowest BCUT2D eigenvalue weighted by Gasteiger charge is -1.84. The van der Waals surface area contributed by atoms with E-state index in [4.69, 9.17) is 24.4 Å². The van der Waals surface area contributed by atoms with Gasteiger partial charge in [-0.15, -0.1) is 6.58 Å². The summed E-state index contributed by atoms with van der Waals surface area (Å²) < 4.78 is 8.88. The molecule has 0 aromatic rings. The van der Waals surface area contributed by atoms with E-state index in [-0.39, 0.29) is 6.10 Å². The van der Waals surface area contributed by atoms with E-state index in [0.29, 0.717) is 0 Å². The molecule has 62 valence electrons. The Morgan fingerprint density at radius 3 is 1.60 bits per heavy atom. The van der Waals surface area contributed by atoms with E-state index >= 15 is 0 Å². The van der Waals surface area contributed by atoms with Crippen LogP contribution in [-0.2, 0) is 4.57 Å². The van der Waals surface area contributed by atoms with Gasteiger partial charge in [-0.3, -0.25) is 0 Å². The molecule has 4 N–H and O–H groups in total. The van der Waals surface area contributed by atoms with Crippen LogP contribution in [0, 0.1) is 0 Å². The van der Waals surface area contributed by atoms with Crippen molar-refractivity contribution in [1.29, 1.82) is 0 Å². The Bertz CT molecular complexity index is 117. The van der Waals surface area contributed by atoms with E-state index in [9.17, 15) is 0 Å². The highest BCUT2D eigenvalue weighted by Gasteiger charge is 2.00. The van der Waals surface area contributed by atoms with Crippen LogP contribution in [0.15, 0.2) is 12.7 Å². The van der Waals surface area contributed by atoms with Crippen molar-refractivity contribution >= 4 is 7.82 Å². The molecular weight excluding hydrogens is 159 g/mol. The van der Waals surface area contributed by atoms with E-state index in [1.165, 1.54) is 6.08 Å². The van der Waals surface area contributed by atoms with Gasteiger partial charge < -0.3 is 19.8 Å². The maximum atomic E-state index is 8.88. The molecule has 5 nitrogen and oxygen atoms in total. The van der Waals surface area contributed by atoms with Crippen molar-refractivity contribution in [2.45, 2.75) is 13.0 Å². The molecule has 1 unspecified atom stereocenters. The van der Waals surface area contributed by atoms with Crippen molar-refractivity contribution in [2.24, 2.45) is 0 Å². The van der Waals surface area contributed by atoms with Gasteiger partial charge in [-0.05, 0) is 6.92 Å². The Balaban J connectivity index is 0. The van der Waals surface area contributed by atoms with E-state index in [1.807, 2.05) is 0 Å². The van der Waals surface area contributed by atoms with E-state index in [1.54, 1.807) is 6.92 Å². The lowest BCUT2D eigenvalue weighted by molar-refractivity contribution is 0.244. The Hall–Kier alpha value is -0.190. The highest BCUT2D eigenvalue weighted by atomic mass is 31.2. The van der Waals surface area contributed by atoms with E-state index in [0.717, 1.165) is 0 Å². The predicted octanol–water partition coefficient (Wildman–Crippen LogP) is -0.375. The molecule has 0 fully saturated rings. The van der Waals surface area contributed by atoms with Gasteiger partial charge in [0, 0.05) is 0 Å². The maximum absolute atomic E-state index is 8.88. The van der Waals surface area contributed by atoms with Gasteiger partial charge in [0.15, 0.2) is 0 Å². The SMILES string of the molecule is C=CC(C)O.O=P(O)(O)O. The van der Waals surface area contributed by atoms with E-state index < -0.39 is 7.82 Å². The lowest BCUT2D eigenvalue weighted by atomic mass is 10.4. The second-order valence-corrected chi connectivity index (χ2v) is 2.52. The summed E-state index contributed by atoms with van der Waals surface area (Å²) in [4.78, 5) is 21.6. The zero-order valence-electron chi connectivity index (χ0n) is 5.51. The molecule has 0 radical (unpaired) electrons. The van der Waals surface area contributed by atoms with Crippen LogP contribution in [0.3, 0.4) is 0 Å². The van der Waals surface area contributed by atoms with Crippen molar-refractivity contribution < 1.29 is 24.4 Å². The first-order chi connectivity index (χ1) is 4.27. The molecule has 0 spiro atoms. The molecule has 0 saturated heterocycles. The standard InChI is InChI=1S/C4H8O.H3O4P/c1-3-4(2)5;1-5(2,3)4/h3-5H,1H2,2H3;(H3,1,2,3,4). The number of phosphoric acid groups is 1. The molecule has 0 heterocycles. The van der Waals surface area contributed by atoms with Crippen LogP contribution < -0.4 is 0 Å². The number of aliphatic hydroxyl groups excluding tert-OH is 1. The molecule has 0 aliphatic heterocycles. The molecule has 0 aromatic carbocycles. The third-order valence-corrected chi connectivity index (χ3v) is 0.341. The average Bonchev–Trinajstić information content (AvgIpc) is 1.61. The topological polar surface area (TPSA) is 98.0 Å². The Kier molecular flexibility index (Phi) is 6.97. The molecule has 10 heavy (non-hydrogen) atoms. The fourth-order valence-corrected chi connectivity index (χ4v) is 0. The number of rotatable bonds is 1. The van der Waals surface area contributed by atoms with Crippen LogP contribution >= 0.6 is 7.82 Å². The average molecular weight is 170 g/mol. The Labute approximate surface area is 58.9 Å². The summed E-state index contributed by atoms with van der Waals surface area (Å²) in [5.74, 6) is 0. The third-order valence-electron chi connectivity index (χ3n) is 0.341. The van der Waals surface area contributed by atoms with Crippen LogP contribution in [0.25, 0.3) is 0 Å². The van der Waals surface area contributed by atoms with Gasteiger partial charge in [0.25, 0.3) is 0 Å². The number of hydrogen-bond donors (Lipinski definition) is 4. The van der Waals surface area contributed by atoms with Gasteiger partial charge >= 0.3 is 7.82 Å². The highest BCUT2D eigenvalue weighted by molar-refractivity contribution is 7.45. The zero-order valence-corrected chi connectivity index (χ0v) is 6.40. The summed E-state index contributed by atoms with van der Waals surface area (Å²) >= 11 is 0. The lowest BCUT2D eigenvalue weighted by Crippen LogP contribution is -1.88. The molecule has 0 amide bonds. The van der Waals surface area contributed by atoms with Gasteiger partial charge in [0.1, 0.15) is 0 Å². The second-order valence-electron chi connectivity index (χ2n) is 1.49. The molecule has 0 rings (SSSR count). The van der Waals surface area contributed by atoms with Crippen molar-refractivity contribution in [3.05, 3.63) is 12.7 Å². The zero-order chi connectivity index (χ0) is 8.78. The first-order valence-electron chi connectivity index (χ1n) is 2.36. The Morgan fingerprint density at radius 2 is 1.60 bits per heavy atom. The van der Waals surface area contributed by atoms with Gasteiger partial charge in [0.2, 0.25) is 0 Å². The molecule has 0 saturated carbocycles. The van der Waals surface area contributed by atoms with Crippen LogP contribution in [0.2, 0.25) is 0 Å². The summed E-state index contributed by atoms with van der Waals surface area (Å²) in [6.45, 7) is 4.97. The second kappa shape index (κ2) is 5.58. The summed E-state index contributed by atoms with van der Waals surface area (Å²) in [6.07, 6.45) is 1.12. The van der Waals surface area contributed by atoms with E-state index in [2.05, 4.69) is 6.58 Å². The predicted molar refractivity (Wildman–Crippen MR) is 36.1 cm³/mol. The van der Waals surface area contributed by atoms with Crippen molar-refractivity contribution in [1.82, 2.24) is 0 Å². The first kappa shape index (κ1) is 12.5. The molecular formula is C4H11O5P. The smallest absolute Gasteiger partial charge is 0.389 e. The van der Waals surface area contributed by atoms with Crippen molar-refractivity contribution in [3.8, 4) is 0 Å². The van der Waals surface area contributed by atoms with Gasteiger partial charge in [-0.2, -0.15) is 0 Å². The van der Waals surface area contributed by atoms with Crippen LogP contribution in [0.1, 0.15) is 6.92 Å². The van der Waals surface area contributed by atoms with Crippen LogP contribution in [0.4, 0.5) is 0 Å². The van der Waals surface area contributed by atoms with Crippen molar-refractivity contribution in [3.63, 3.8) is 0 Å². The van der Waals surface area contributed by atoms with Crippen LogP contribution in [-0.4, -0.2) is 25.9 Å². The van der Waals surface area contributed by atoms with Gasteiger partial charge in [-0.25, -0.2) is 4.57 Å². The minimum absolute atomic E-state index is 0.352. The quantitative estimate of drug-likeness (QED) is 0.318. The number of aliphatic hydroxyl groups is 1. The largest absolute Gasteiger partial charge is 0.466 e. The summed E-state index contributed by atoms with van der Waals surface area (Å²) in [6, 6.07) is 0. The third kappa shape index (κ3) is 111. The summed E-state index contributed by atoms with van der Waals surface area (Å²) in [5.41, 5.74) is 0. The summed E-state index contributed by atoms with van der Waals surface area (Å²) in [7, 11) is -4.64. The van der Waals surface area contributed by atoms with Gasteiger partial charge in [0.05, 0.1) is 6.10 Å². The fourth-order valence-electron chi connectivity index (χ4n) is 0. The molecule has 6 heteroatoms. The maximum Gasteiger partial charge on any atom is 0.466 e.